The van der Waals surface area contributed by atoms with Crippen LogP contribution >= 0.6 is 0 Å². The predicted molar refractivity (Wildman–Crippen MR) is 120 cm³/mol. The van der Waals surface area contributed by atoms with E-state index in [0.717, 1.165) is 50.6 Å². The van der Waals surface area contributed by atoms with Crippen molar-refractivity contribution < 1.29 is 24.2 Å². The van der Waals surface area contributed by atoms with Crippen LogP contribution in [0.3, 0.4) is 0 Å². The van der Waals surface area contributed by atoms with Crippen LogP contribution in [-0.2, 0) is 15.1 Å². The molecule has 176 valence electrons. The van der Waals surface area contributed by atoms with Crippen molar-refractivity contribution in [3.63, 3.8) is 0 Å². The van der Waals surface area contributed by atoms with Crippen molar-refractivity contribution in [2.24, 2.45) is 5.92 Å². The van der Waals surface area contributed by atoms with E-state index in [1.54, 1.807) is 18.2 Å². The van der Waals surface area contributed by atoms with Gasteiger partial charge in [-0.05, 0) is 62.1 Å². The summed E-state index contributed by atoms with van der Waals surface area (Å²) in [5.41, 5.74) is 0.795. The van der Waals surface area contributed by atoms with E-state index in [0.29, 0.717) is 48.4 Å². The second-order valence-corrected chi connectivity index (χ2v) is 9.78. The maximum absolute atomic E-state index is 13.1. The quantitative estimate of drug-likeness (QED) is 0.675. The van der Waals surface area contributed by atoms with Crippen LogP contribution in [0.15, 0.2) is 30.5 Å². The van der Waals surface area contributed by atoms with Gasteiger partial charge in [0.1, 0.15) is 6.04 Å². The molecule has 0 bridgehead atoms. The number of likely N-dealkylation sites (tertiary alicyclic amines) is 1. The van der Waals surface area contributed by atoms with Crippen molar-refractivity contribution in [3.8, 4) is 0 Å². The Balaban J connectivity index is 1.29. The highest BCUT2D eigenvalue weighted by molar-refractivity contribution is 6.23. The third kappa shape index (κ3) is 4.11. The molecule has 1 atom stereocenters. The summed E-state index contributed by atoms with van der Waals surface area (Å²) >= 11 is 0. The Labute approximate surface area is 193 Å². The van der Waals surface area contributed by atoms with E-state index in [1.165, 1.54) is 0 Å². The largest absolute Gasteiger partial charge is 0.385 e. The van der Waals surface area contributed by atoms with E-state index in [2.05, 4.69) is 16.8 Å². The van der Waals surface area contributed by atoms with Crippen LogP contribution in [0.2, 0.25) is 0 Å². The Hall–Kier alpha value is -2.55. The molecule has 3 fully saturated rings. The second kappa shape index (κ2) is 8.66. The average Bonchev–Trinajstić information content (AvgIpc) is 3.06. The first-order valence-electron chi connectivity index (χ1n) is 11.9. The molecule has 0 saturated carbocycles. The first-order chi connectivity index (χ1) is 15.9. The monoisotopic (exact) mass is 453 g/mol. The Morgan fingerprint density at radius 2 is 1.76 bits per heavy atom. The summed E-state index contributed by atoms with van der Waals surface area (Å²) in [7, 11) is 0. The molecule has 2 N–H and O–H groups in total. The zero-order valence-electron chi connectivity index (χ0n) is 18.8. The fourth-order valence-corrected chi connectivity index (χ4v) is 5.53. The van der Waals surface area contributed by atoms with Gasteiger partial charge in [0.05, 0.1) is 16.7 Å². The third-order valence-corrected chi connectivity index (χ3v) is 7.63. The molecule has 0 aromatic heterocycles. The molecule has 1 aromatic rings. The lowest BCUT2D eigenvalue weighted by molar-refractivity contribution is -0.125. The van der Waals surface area contributed by atoms with Gasteiger partial charge >= 0.3 is 0 Å². The zero-order chi connectivity index (χ0) is 23.2. The third-order valence-electron chi connectivity index (χ3n) is 7.63. The number of benzene rings is 1. The topological polar surface area (TPSA) is 99.2 Å². The SMILES string of the molecule is C=C1CCC(N2C(=O)c3ccc(C4(O)CCN(CC5CCOCC5)CC4)cc3C2=O)C(=O)N1. The van der Waals surface area contributed by atoms with Gasteiger partial charge in [-0.3, -0.25) is 19.3 Å². The summed E-state index contributed by atoms with van der Waals surface area (Å²) in [6, 6.07) is 4.20. The van der Waals surface area contributed by atoms with Crippen molar-refractivity contribution in [1.82, 2.24) is 15.1 Å². The van der Waals surface area contributed by atoms with Crippen LogP contribution < -0.4 is 5.32 Å². The van der Waals surface area contributed by atoms with Gasteiger partial charge in [0.25, 0.3) is 11.8 Å². The van der Waals surface area contributed by atoms with Crippen LogP contribution in [0, 0.1) is 5.92 Å². The molecule has 8 heteroatoms. The van der Waals surface area contributed by atoms with Gasteiger partial charge in [-0.1, -0.05) is 12.6 Å². The fourth-order valence-electron chi connectivity index (χ4n) is 5.53. The Kier molecular flexibility index (Phi) is 5.84. The normalized spacial score (nSPS) is 26.5. The molecular formula is C25H31N3O5. The number of ether oxygens (including phenoxy) is 1. The molecule has 8 nitrogen and oxygen atoms in total. The lowest BCUT2D eigenvalue weighted by Crippen LogP contribution is -2.51. The molecule has 3 amide bonds. The number of rotatable bonds is 4. The van der Waals surface area contributed by atoms with Gasteiger partial charge in [0.2, 0.25) is 5.91 Å². The maximum Gasteiger partial charge on any atom is 0.262 e. The summed E-state index contributed by atoms with van der Waals surface area (Å²) < 4.78 is 5.45. The number of hydrogen-bond donors (Lipinski definition) is 2. The van der Waals surface area contributed by atoms with Crippen LogP contribution in [0.4, 0.5) is 0 Å². The molecule has 1 unspecified atom stereocenters. The highest BCUT2D eigenvalue weighted by Crippen LogP contribution is 2.37. The number of carbonyl (C=O) groups excluding carboxylic acids is 3. The number of fused-ring (bicyclic) bond motifs is 1. The van der Waals surface area contributed by atoms with Gasteiger partial charge in [-0.15, -0.1) is 0 Å². The highest BCUT2D eigenvalue weighted by Gasteiger charge is 2.45. The number of carbonyl (C=O) groups is 3. The van der Waals surface area contributed by atoms with Crippen molar-refractivity contribution in [2.75, 3.05) is 32.8 Å². The lowest BCUT2D eigenvalue weighted by Gasteiger charge is -2.40. The number of nitrogens with one attached hydrogen (secondary N) is 1. The van der Waals surface area contributed by atoms with Crippen molar-refractivity contribution in [3.05, 3.63) is 47.2 Å². The van der Waals surface area contributed by atoms with E-state index >= 15 is 0 Å². The maximum atomic E-state index is 13.1. The molecule has 0 aliphatic carbocycles. The summed E-state index contributed by atoms with van der Waals surface area (Å²) in [6.45, 7) is 8.02. The van der Waals surface area contributed by atoms with E-state index in [4.69, 9.17) is 4.74 Å². The van der Waals surface area contributed by atoms with Crippen LogP contribution in [-0.4, -0.2) is 71.5 Å². The number of imide groups is 1. The molecule has 1 aromatic carbocycles. The molecule has 33 heavy (non-hydrogen) atoms. The number of piperidine rings is 2. The van der Waals surface area contributed by atoms with Gasteiger partial charge in [-0.25, -0.2) is 0 Å². The summed E-state index contributed by atoms with van der Waals surface area (Å²) in [5, 5.41) is 14.1. The molecule has 4 aliphatic rings. The Morgan fingerprint density at radius 3 is 2.45 bits per heavy atom. The van der Waals surface area contributed by atoms with E-state index < -0.39 is 23.5 Å². The number of aliphatic hydroxyl groups is 1. The first-order valence-corrected chi connectivity index (χ1v) is 11.9. The molecular weight excluding hydrogens is 422 g/mol. The molecule has 0 radical (unpaired) electrons. The minimum Gasteiger partial charge on any atom is -0.385 e. The minimum atomic E-state index is -1.03. The predicted octanol–water partition coefficient (Wildman–Crippen LogP) is 1.78. The number of hydrogen-bond acceptors (Lipinski definition) is 6. The Morgan fingerprint density at radius 1 is 1.06 bits per heavy atom. The minimum absolute atomic E-state index is 0.271. The molecule has 5 rings (SSSR count). The first kappa shape index (κ1) is 22.3. The van der Waals surface area contributed by atoms with Crippen LogP contribution in [0.1, 0.15) is 64.8 Å². The van der Waals surface area contributed by atoms with Gasteiger partial charge in [-0.2, -0.15) is 0 Å². The van der Waals surface area contributed by atoms with Crippen LogP contribution in [0.25, 0.3) is 0 Å². The lowest BCUT2D eigenvalue weighted by atomic mass is 9.83. The smallest absolute Gasteiger partial charge is 0.262 e. The number of nitrogens with zero attached hydrogens (tertiary/aromatic N) is 2. The van der Waals surface area contributed by atoms with Gasteiger partial charge in [0.15, 0.2) is 0 Å². The standard InChI is InChI=1S/C25H31N3O5/c1-16-2-5-21(22(29)26-16)28-23(30)19-4-3-18(14-20(19)24(28)31)25(32)8-10-27(11-9-25)15-17-6-12-33-13-7-17/h3-4,14,17,21,32H,1-2,5-13,15H2,(H,26,29). The van der Waals surface area contributed by atoms with Crippen molar-refractivity contribution in [2.45, 2.75) is 50.2 Å². The molecule has 4 aliphatic heterocycles. The molecule has 3 saturated heterocycles. The van der Waals surface area contributed by atoms with Gasteiger partial charge < -0.3 is 20.1 Å². The molecule has 0 spiro atoms. The van der Waals surface area contributed by atoms with Crippen LogP contribution in [0.5, 0.6) is 0 Å². The zero-order valence-corrected chi connectivity index (χ0v) is 18.8. The molecule has 4 heterocycles. The fraction of sp³-hybridized carbons (Fsp3) is 0.560. The summed E-state index contributed by atoms with van der Waals surface area (Å²) in [4.78, 5) is 42.0. The number of amides is 3. The van der Waals surface area contributed by atoms with E-state index in [1.807, 2.05) is 0 Å². The summed E-state index contributed by atoms with van der Waals surface area (Å²) in [5.74, 6) is -0.650. The highest BCUT2D eigenvalue weighted by atomic mass is 16.5. The second-order valence-electron chi connectivity index (χ2n) is 9.78. The summed E-state index contributed by atoms with van der Waals surface area (Å²) in [6.07, 6.45) is 4.23. The van der Waals surface area contributed by atoms with Crippen molar-refractivity contribution in [1.29, 1.82) is 0 Å². The van der Waals surface area contributed by atoms with E-state index in [9.17, 15) is 19.5 Å². The Bertz CT molecular complexity index is 992. The van der Waals surface area contributed by atoms with Crippen molar-refractivity contribution >= 4 is 17.7 Å². The van der Waals surface area contributed by atoms with Gasteiger partial charge in [0, 0.05) is 38.5 Å². The average molecular weight is 454 g/mol. The van der Waals surface area contributed by atoms with E-state index in [-0.39, 0.29) is 11.5 Å². The number of allylic oxidation sites excluding steroid dienone is 1.